The van der Waals surface area contributed by atoms with Crippen LogP contribution < -0.4 is 10.2 Å². The maximum absolute atomic E-state index is 11.6. The summed E-state index contributed by atoms with van der Waals surface area (Å²) in [7, 11) is 0. The molecule has 3 fully saturated rings. The van der Waals surface area contributed by atoms with Crippen molar-refractivity contribution in [2.45, 2.75) is 44.8 Å². The number of fused-ring (bicyclic) bond motifs is 1. The fourth-order valence-corrected chi connectivity index (χ4v) is 4.75. The number of thiazole rings is 1. The first-order valence-electron chi connectivity index (χ1n) is 8.72. The molecular formula is C17H25N3O2S. The van der Waals surface area contributed by atoms with Gasteiger partial charge in [-0.1, -0.05) is 0 Å². The summed E-state index contributed by atoms with van der Waals surface area (Å²) in [6, 6.07) is 0.170. The number of nitrogens with one attached hydrogen (secondary N) is 1. The summed E-state index contributed by atoms with van der Waals surface area (Å²) in [6.07, 6.45) is 6.76. The second-order valence-electron chi connectivity index (χ2n) is 7.33. The monoisotopic (exact) mass is 335 g/mol. The summed E-state index contributed by atoms with van der Waals surface area (Å²) in [5, 5.41) is 6.31. The topological polar surface area (TPSA) is 54.5 Å². The van der Waals surface area contributed by atoms with Gasteiger partial charge in [0, 0.05) is 38.2 Å². The Hall–Kier alpha value is -1.14. The van der Waals surface area contributed by atoms with E-state index >= 15 is 0 Å². The first-order valence-corrected chi connectivity index (χ1v) is 9.60. The van der Waals surface area contributed by atoms with Gasteiger partial charge in [-0.15, -0.1) is 11.3 Å². The van der Waals surface area contributed by atoms with Crippen LogP contribution in [0.4, 0.5) is 5.13 Å². The Balaban J connectivity index is 1.42. The van der Waals surface area contributed by atoms with E-state index in [0.29, 0.717) is 11.8 Å². The van der Waals surface area contributed by atoms with Crippen LogP contribution in [0, 0.1) is 17.8 Å². The summed E-state index contributed by atoms with van der Waals surface area (Å²) in [5.41, 5.74) is 0. The second kappa shape index (κ2) is 6.40. The van der Waals surface area contributed by atoms with Crippen molar-refractivity contribution in [1.82, 2.24) is 10.3 Å². The van der Waals surface area contributed by atoms with E-state index < -0.39 is 0 Å². The number of ether oxygens (including phenoxy) is 1. The molecule has 23 heavy (non-hydrogen) atoms. The highest BCUT2D eigenvalue weighted by Gasteiger charge is 2.43. The average molecular weight is 335 g/mol. The molecule has 4 atom stereocenters. The second-order valence-corrected chi connectivity index (χ2v) is 8.21. The van der Waals surface area contributed by atoms with Crippen LogP contribution in [0.1, 0.15) is 32.6 Å². The standard InChI is InChI=1S/C17H25N3O2S/c1-11(21)19-15-6-13-8-20(17-18-4-5-23-17)9-14(13)7-16(15)22-10-12-2-3-12/h4-5,12-16H,2-3,6-10H2,1H3,(H,19,21)/t13-,14+,15-,16-/m1/s1. The van der Waals surface area contributed by atoms with E-state index in [2.05, 4.69) is 15.2 Å². The lowest BCUT2D eigenvalue weighted by Crippen LogP contribution is -2.50. The molecule has 3 aliphatic rings. The number of anilines is 1. The average Bonchev–Trinajstić information content (AvgIpc) is 3.01. The van der Waals surface area contributed by atoms with E-state index in [1.165, 1.54) is 12.8 Å². The third-order valence-electron chi connectivity index (χ3n) is 5.44. The van der Waals surface area contributed by atoms with Gasteiger partial charge in [0.25, 0.3) is 0 Å². The predicted molar refractivity (Wildman–Crippen MR) is 90.6 cm³/mol. The van der Waals surface area contributed by atoms with E-state index in [0.717, 1.165) is 43.6 Å². The molecule has 126 valence electrons. The Morgan fingerprint density at radius 3 is 2.83 bits per heavy atom. The van der Waals surface area contributed by atoms with Crippen LogP contribution in [0.25, 0.3) is 0 Å². The van der Waals surface area contributed by atoms with E-state index in [1.807, 2.05) is 11.6 Å². The highest BCUT2D eigenvalue weighted by atomic mass is 32.1. The molecule has 0 spiro atoms. The van der Waals surface area contributed by atoms with Crippen LogP contribution in [0.15, 0.2) is 11.6 Å². The van der Waals surface area contributed by atoms with Crippen molar-refractivity contribution in [3.05, 3.63) is 11.6 Å². The smallest absolute Gasteiger partial charge is 0.217 e. The Kier molecular flexibility index (Phi) is 4.28. The molecule has 1 aliphatic heterocycles. The van der Waals surface area contributed by atoms with Crippen molar-refractivity contribution in [1.29, 1.82) is 0 Å². The maximum atomic E-state index is 11.6. The van der Waals surface area contributed by atoms with Gasteiger partial charge in [0.1, 0.15) is 0 Å². The molecule has 0 aromatic carbocycles. The van der Waals surface area contributed by atoms with Gasteiger partial charge < -0.3 is 15.0 Å². The molecule has 1 amide bonds. The number of carbonyl (C=O) groups is 1. The van der Waals surface area contributed by atoms with E-state index in [-0.39, 0.29) is 18.1 Å². The largest absolute Gasteiger partial charge is 0.376 e. The van der Waals surface area contributed by atoms with E-state index in [1.54, 1.807) is 18.3 Å². The van der Waals surface area contributed by atoms with Gasteiger partial charge in [0.2, 0.25) is 5.91 Å². The zero-order valence-corrected chi connectivity index (χ0v) is 14.4. The molecule has 5 nitrogen and oxygen atoms in total. The lowest BCUT2D eigenvalue weighted by molar-refractivity contribution is -0.122. The highest BCUT2D eigenvalue weighted by Crippen LogP contribution is 2.40. The number of nitrogens with zero attached hydrogens (tertiary/aromatic N) is 2. The SMILES string of the molecule is CC(=O)N[C@@H]1C[C@@H]2CN(c3nccs3)C[C@@H]2C[C@H]1OCC1CC1. The molecule has 2 heterocycles. The van der Waals surface area contributed by atoms with Crippen LogP contribution >= 0.6 is 11.3 Å². The minimum Gasteiger partial charge on any atom is -0.376 e. The minimum atomic E-state index is 0.0586. The molecule has 2 aliphatic carbocycles. The van der Waals surface area contributed by atoms with Crippen LogP contribution in [0.5, 0.6) is 0 Å². The van der Waals surface area contributed by atoms with Gasteiger partial charge in [0.05, 0.1) is 12.1 Å². The molecule has 1 aromatic rings. The number of rotatable bonds is 5. The van der Waals surface area contributed by atoms with Crippen molar-refractivity contribution < 1.29 is 9.53 Å². The van der Waals surface area contributed by atoms with Gasteiger partial charge in [-0.2, -0.15) is 0 Å². The maximum Gasteiger partial charge on any atom is 0.217 e. The van der Waals surface area contributed by atoms with Gasteiger partial charge in [-0.25, -0.2) is 4.98 Å². The summed E-state index contributed by atoms with van der Waals surface area (Å²) in [6.45, 7) is 4.62. The van der Waals surface area contributed by atoms with Gasteiger partial charge in [-0.05, 0) is 43.4 Å². The Bertz CT molecular complexity index is 546. The van der Waals surface area contributed by atoms with Crippen molar-refractivity contribution >= 4 is 22.4 Å². The van der Waals surface area contributed by atoms with Crippen molar-refractivity contribution in [2.24, 2.45) is 17.8 Å². The number of amides is 1. The van der Waals surface area contributed by atoms with Crippen molar-refractivity contribution in [3.8, 4) is 0 Å². The zero-order valence-electron chi connectivity index (χ0n) is 13.6. The van der Waals surface area contributed by atoms with E-state index in [9.17, 15) is 4.79 Å². The number of hydrogen-bond donors (Lipinski definition) is 1. The first kappa shape index (κ1) is 15.4. The molecule has 1 saturated heterocycles. The minimum absolute atomic E-state index is 0.0586. The molecular weight excluding hydrogens is 310 g/mol. The van der Waals surface area contributed by atoms with Crippen molar-refractivity contribution in [2.75, 3.05) is 24.6 Å². The Morgan fingerprint density at radius 2 is 2.17 bits per heavy atom. The van der Waals surface area contributed by atoms with Crippen LogP contribution in [-0.2, 0) is 9.53 Å². The summed E-state index contributed by atoms with van der Waals surface area (Å²) in [4.78, 5) is 18.4. The van der Waals surface area contributed by atoms with Crippen LogP contribution in [0.2, 0.25) is 0 Å². The quantitative estimate of drug-likeness (QED) is 0.897. The predicted octanol–water partition coefficient (Wildman–Crippen LogP) is 2.29. The Morgan fingerprint density at radius 1 is 1.39 bits per heavy atom. The third-order valence-corrected chi connectivity index (χ3v) is 6.27. The molecule has 6 heteroatoms. The van der Waals surface area contributed by atoms with Gasteiger partial charge in [-0.3, -0.25) is 4.79 Å². The Labute approximate surface area is 141 Å². The van der Waals surface area contributed by atoms with Crippen LogP contribution in [0.3, 0.4) is 0 Å². The number of carbonyl (C=O) groups excluding carboxylic acids is 1. The fraction of sp³-hybridized carbons (Fsp3) is 0.765. The lowest BCUT2D eigenvalue weighted by atomic mass is 9.77. The number of hydrogen-bond acceptors (Lipinski definition) is 5. The van der Waals surface area contributed by atoms with Crippen LogP contribution in [-0.4, -0.2) is 42.7 Å². The van der Waals surface area contributed by atoms with Gasteiger partial charge in [0.15, 0.2) is 5.13 Å². The molecule has 2 saturated carbocycles. The molecule has 1 aromatic heterocycles. The zero-order chi connectivity index (χ0) is 15.8. The molecule has 0 bridgehead atoms. The number of aromatic nitrogens is 1. The third kappa shape index (κ3) is 3.53. The summed E-state index contributed by atoms with van der Waals surface area (Å²) in [5.74, 6) is 2.12. The molecule has 1 N–H and O–H groups in total. The van der Waals surface area contributed by atoms with E-state index in [4.69, 9.17) is 4.74 Å². The fourth-order valence-electron chi connectivity index (χ4n) is 4.08. The summed E-state index contributed by atoms with van der Waals surface area (Å²) >= 11 is 1.71. The molecule has 0 radical (unpaired) electrons. The van der Waals surface area contributed by atoms with Crippen molar-refractivity contribution in [3.63, 3.8) is 0 Å². The molecule has 4 rings (SSSR count). The molecule has 0 unspecified atom stereocenters. The highest BCUT2D eigenvalue weighted by molar-refractivity contribution is 7.13. The van der Waals surface area contributed by atoms with Gasteiger partial charge >= 0.3 is 0 Å². The lowest BCUT2D eigenvalue weighted by Gasteiger charge is -2.38. The first-order chi connectivity index (χ1) is 11.2. The summed E-state index contributed by atoms with van der Waals surface area (Å²) < 4.78 is 6.21. The normalized spacial score (nSPS) is 33.5.